The van der Waals surface area contributed by atoms with Gasteiger partial charge in [0.1, 0.15) is 5.82 Å². The number of hydrogen-bond donors (Lipinski definition) is 2. The molecule has 2 aromatic rings. The van der Waals surface area contributed by atoms with E-state index in [0.29, 0.717) is 12.5 Å². The average Bonchev–Trinajstić information content (AvgIpc) is 3.10. The van der Waals surface area contributed by atoms with E-state index in [1.807, 2.05) is 13.0 Å². The normalized spacial score (nSPS) is 15.2. The molecule has 1 fully saturated rings. The van der Waals surface area contributed by atoms with Gasteiger partial charge in [0.25, 0.3) is 0 Å². The van der Waals surface area contributed by atoms with Crippen LogP contribution in [0.5, 0.6) is 0 Å². The van der Waals surface area contributed by atoms with E-state index < -0.39 is 0 Å². The third-order valence-corrected chi connectivity index (χ3v) is 6.16. The summed E-state index contributed by atoms with van der Waals surface area (Å²) in [5.41, 5.74) is 2.78. The molecule has 1 aliphatic rings. The lowest BCUT2D eigenvalue weighted by atomic mass is 9.89. The van der Waals surface area contributed by atoms with Gasteiger partial charge in [-0.1, -0.05) is 39.5 Å². The van der Waals surface area contributed by atoms with Crippen molar-refractivity contribution in [1.82, 2.24) is 9.97 Å². The Kier molecular flexibility index (Phi) is 7.44. The fourth-order valence-corrected chi connectivity index (χ4v) is 4.62. The highest BCUT2D eigenvalue weighted by Crippen LogP contribution is 2.35. The zero-order valence-electron chi connectivity index (χ0n) is 16.5. The number of benzene rings is 1. The van der Waals surface area contributed by atoms with Crippen LogP contribution in [0.25, 0.3) is 11.0 Å². The maximum atomic E-state index is 12.1. The maximum absolute atomic E-state index is 12.1. The number of amides is 1. The minimum Gasteiger partial charge on any atom is -0.449 e. The second kappa shape index (κ2) is 10.0. The summed E-state index contributed by atoms with van der Waals surface area (Å²) in [7, 11) is 0. The number of nitrogens with one attached hydrogen (secondary N) is 2. The van der Waals surface area contributed by atoms with Crippen LogP contribution in [-0.2, 0) is 4.74 Å². The van der Waals surface area contributed by atoms with Crippen LogP contribution in [0.4, 0.5) is 10.5 Å². The van der Waals surface area contributed by atoms with Crippen LogP contribution in [0.15, 0.2) is 17.0 Å². The summed E-state index contributed by atoms with van der Waals surface area (Å²) in [6.07, 6.45) is 9.07. The molecule has 148 valence electrons. The Morgan fingerprint density at radius 2 is 2.07 bits per heavy atom. The first kappa shape index (κ1) is 20.1. The summed E-state index contributed by atoms with van der Waals surface area (Å²) < 4.78 is 5.20. The van der Waals surface area contributed by atoms with Crippen molar-refractivity contribution in [3.63, 3.8) is 0 Å². The summed E-state index contributed by atoms with van der Waals surface area (Å²) in [5, 5.41) is 2.92. The van der Waals surface area contributed by atoms with Crippen molar-refractivity contribution in [3.8, 4) is 0 Å². The Balaban J connectivity index is 1.84. The molecule has 2 N–H and O–H groups in total. The standard InChI is InChI=1S/C21H31N3O2S/c1-3-5-12-27-19-14-17-16(13-18(19)24-21(25)26-11-4-2)22-20(23-17)15-9-7-6-8-10-15/h13-15H,3-12H2,1-2H3,(H,22,23)(H,24,25). The molecule has 3 rings (SSSR count). The topological polar surface area (TPSA) is 67.0 Å². The SMILES string of the molecule is CCCCSc1cc2nc(C3CCCCC3)[nH]c2cc1NC(=O)OCCC. The van der Waals surface area contributed by atoms with E-state index in [0.717, 1.165) is 52.5 Å². The highest BCUT2D eigenvalue weighted by Gasteiger charge is 2.20. The second-order valence-corrected chi connectivity index (χ2v) is 8.42. The van der Waals surface area contributed by atoms with Crippen LogP contribution in [0.3, 0.4) is 0 Å². The molecule has 0 atom stereocenters. The molecule has 1 aliphatic carbocycles. The van der Waals surface area contributed by atoms with Gasteiger partial charge in [-0.3, -0.25) is 5.32 Å². The molecule has 0 aliphatic heterocycles. The number of imidazole rings is 1. The highest BCUT2D eigenvalue weighted by atomic mass is 32.2. The van der Waals surface area contributed by atoms with E-state index in [-0.39, 0.29) is 6.09 Å². The van der Waals surface area contributed by atoms with Crippen molar-refractivity contribution in [2.75, 3.05) is 17.7 Å². The van der Waals surface area contributed by atoms with Crippen molar-refractivity contribution >= 4 is 34.6 Å². The van der Waals surface area contributed by atoms with Crippen LogP contribution in [0.2, 0.25) is 0 Å². The molecule has 6 heteroatoms. The van der Waals surface area contributed by atoms with Gasteiger partial charge in [-0.2, -0.15) is 0 Å². The van der Waals surface area contributed by atoms with Gasteiger partial charge < -0.3 is 9.72 Å². The maximum Gasteiger partial charge on any atom is 0.411 e. The first-order valence-electron chi connectivity index (χ1n) is 10.3. The third-order valence-electron chi connectivity index (χ3n) is 5.02. The molecule has 27 heavy (non-hydrogen) atoms. The third kappa shape index (κ3) is 5.41. The number of fused-ring (bicyclic) bond motifs is 1. The van der Waals surface area contributed by atoms with Crippen molar-refractivity contribution < 1.29 is 9.53 Å². The van der Waals surface area contributed by atoms with E-state index in [1.54, 1.807) is 11.8 Å². The van der Waals surface area contributed by atoms with Crippen LogP contribution in [0.1, 0.15) is 77.0 Å². The monoisotopic (exact) mass is 389 g/mol. The van der Waals surface area contributed by atoms with Gasteiger partial charge in [-0.25, -0.2) is 9.78 Å². The van der Waals surface area contributed by atoms with E-state index in [4.69, 9.17) is 9.72 Å². The number of aromatic amines is 1. The molecule has 5 nitrogen and oxygen atoms in total. The molecule has 0 spiro atoms. The zero-order valence-corrected chi connectivity index (χ0v) is 17.3. The molecule has 1 aromatic carbocycles. The molecule has 0 bridgehead atoms. The number of carbonyl (C=O) groups is 1. The quantitative estimate of drug-likeness (QED) is 0.401. The predicted molar refractivity (Wildman–Crippen MR) is 113 cm³/mol. The number of aromatic nitrogens is 2. The van der Waals surface area contributed by atoms with Crippen molar-refractivity contribution in [3.05, 3.63) is 18.0 Å². The fraction of sp³-hybridized carbons (Fsp3) is 0.619. The van der Waals surface area contributed by atoms with Gasteiger partial charge >= 0.3 is 6.09 Å². The smallest absolute Gasteiger partial charge is 0.411 e. The fourth-order valence-electron chi connectivity index (χ4n) is 3.51. The van der Waals surface area contributed by atoms with Gasteiger partial charge in [0.05, 0.1) is 23.3 Å². The van der Waals surface area contributed by atoms with Crippen LogP contribution >= 0.6 is 11.8 Å². The Morgan fingerprint density at radius 1 is 1.26 bits per heavy atom. The number of unbranched alkanes of at least 4 members (excludes halogenated alkanes) is 1. The molecule has 1 saturated carbocycles. The number of hydrogen-bond acceptors (Lipinski definition) is 4. The van der Waals surface area contributed by atoms with Gasteiger partial charge in [0.2, 0.25) is 0 Å². The van der Waals surface area contributed by atoms with E-state index in [1.165, 1.54) is 32.1 Å². The van der Waals surface area contributed by atoms with E-state index >= 15 is 0 Å². The number of ether oxygens (including phenoxy) is 1. The lowest BCUT2D eigenvalue weighted by Crippen LogP contribution is -2.14. The van der Waals surface area contributed by atoms with Gasteiger partial charge in [-0.05, 0) is 43.6 Å². The van der Waals surface area contributed by atoms with Crippen molar-refractivity contribution in [2.24, 2.45) is 0 Å². The van der Waals surface area contributed by atoms with Gasteiger partial charge in [0, 0.05) is 10.8 Å². The average molecular weight is 390 g/mol. The number of thioether (sulfide) groups is 1. The molecular weight excluding hydrogens is 358 g/mol. The van der Waals surface area contributed by atoms with E-state index in [9.17, 15) is 4.79 Å². The summed E-state index contributed by atoms with van der Waals surface area (Å²) in [6, 6.07) is 4.12. The first-order valence-corrected chi connectivity index (χ1v) is 11.3. The van der Waals surface area contributed by atoms with Gasteiger partial charge in [0.15, 0.2) is 0 Å². The van der Waals surface area contributed by atoms with Crippen molar-refractivity contribution in [1.29, 1.82) is 0 Å². The summed E-state index contributed by atoms with van der Waals surface area (Å²) in [6.45, 7) is 4.61. The van der Waals surface area contributed by atoms with Crippen LogP contribution in [0, 0.1) is 0 Å². The van der Waals surface area contributed by atoms with Crippen molar-refractivity contribution in [2.45, 2.75) is 76.0 Å². The molecule has 1 aromatic heterocycles. The minimum atomic E-state index is -0.388. The summed E-state index contributed by atoms with van der Waals surface area (Å²) in [4.78, 5) is 21.5. The molecule has 1 amide bonds. The molecule has 0 radical (unpaired) electrons. The number of rotatable bonds is 8. The summed E-state index contributed by atoms with van der Waals surface area (Å²) in [5.74, 6) is 2.66. The Morgan fingerprint density at radius 3 is 2.81 bits per heavy atom. The Bertz CT molecular complexity index is 753. The molecular formula is C21H31N3O2S. The number of anilines is 1. The van der Waals surface area contributed by atoms with Crippen LogP contribution < -0.4 is 5.32 Å². The number of H-pyrrole nitrogens is 1. The van der Waals surface area contributed by atoms with Gasteiger partial charge in [-0.15, -0.1) is 11.8 Å². The minimum absolute atomic E-state index is 0.388. The lowest BCUT2D eigenvalue weighted by molar-refractivity contribution is 0.161. The first-order chi connectivity index (χ1) is 13.2. The number of carbonyl (C=O) groups excluding carboxylic acids is 1. The largest absolute Gasteiger partial charge is 0.449 e. The molecule has 0 saturated heterocycles. The van der Waals surface area contributed by atoms with E-state index in [2.05, 4.69) is 23.3 Å². The Hall–Kier alpha value is -1.69. The zero-order chi connectivity index (χ0) is 19.1. The van der Waals surface area contributed by atoms with Crippen LogP contribution in [-0.4, -0.2) is 28.4 Å². The molecule has 1 heterocycles. The second-order valence-electron chi connectivity index (χ2n) is 7.29. The lowest BCUT2D eigenvalue weighted by Gasteiger charge is -2.18. The number of nitrogens with zero attached hydrogens (tertiary/aromatic N) is 1. The Labute approximate surface area is 166 Å². The summed E-state index contributed by atoms with van der Waals surface area (Å²) >= 11 is 1.77. The molecule has 0 unspecified atom stereocenters. The predicted octanol–water partition coefficient (Wildman–Crippen LogP) is 6.46. The highest BCUT2D eigenvalue weighted by molar-refractivity contribution is 7.99.